The Kier molecular flexibility index (Phi) is 19.4. The molecule has 2 rings (SSSR count). The summed E-state index contributed by atoms with van der Waals surface area (Å²) in [5.41, 5.74) is 12.4. The largest absolute Gasteiger partial charge is 0.386 e. The van der Waals surface area contributed by atoms with Crippen molar-refractivity contribution in [1.29, 1.82) is 0 Å². The lowest BCUT2D eigenvalue weighted by Gasteiger charge is -2.30. The number of nitrogens with two attached hydrogens (primary N) is 2. The number of carbonyl (C=O) groups is 4. The summed E-state index contributed by atoms with van der Waals surface area (Å²) in [7, 11) is 3.39. The van der Waals surface area contributed by atoms with Crippen LogP contribution in [0.3, 0.4) is 0 Å². The fourth-order valence-corrected chi connectivity index (χ4v) is 6.91. The molecule has 3 amide bonds. The molecule has 0 bridgehead atoms. The minimum absolute atomic E-state index is 0.0246. The van der Waals surface area contributed by atoms with Gasteiger partial charge in [0, 0.05) is 44.1 Å². The van der Waals surface area contributed by atoms with Crippen LogP contribution in [-0.2, 0) is 25.6 Å². The third-order valence-corrected chi connectivity index (χ3v) is 9.75. The highest BCUT2D eigenvalue weighted by molar-refractivity contribution is 8.76. The Balaban J connectivity index is 2.07. The maximum atomic E-state index is 13.9. The van der Waals surface area contributed by atoms with E-state index in [4.69, 9.17) is 11.5 Å². The second-order valence-corrected chi connectivity index (χ2v) is 13.7. The van der Waals surface area contributed by atoms with Gasteiger partial charge in [0.1, 0.15) is 12.1 Å². The van der Waals surface area contributed by atoms with Crippen LogP contribution in [0.15, 0.2) is 42.2 Å². The van der Waals surface area contributed by atoms with Gasteiger partial charge in [0.2, 0.25) is 17.7 Å². The molecule has 0 spiro atoms. The van der Waals surface area contributed by atoms with Crippen molar-refractivity contribution in [3.8, 4) is 0 Å². The standard InChI is InChI=1S/C32H53N7O4S2/c1-3-10-28(40)26(22-24-12-6-5-7-13-24)38-31(42)27-15-9-19-39(27)32(43)25(14-8-17-36-29(34)11-4-2)37-30(41)23-35-18-21-45-44-20-16-33/h5-7,11-13,25-27,35-36H,3-4,8-10,14-23,33-34H2,1-2H3,(H,37,41)(H,38,42)/b29-11+/t25-,26-,27?/m0/s1. The molecule has 1 aliphatic heterocycles. The molecule has 1 heterocycles. The normalized spacial score (nSPS) is 16.2. The first-order chi connectivity index (χ1) is 21.8. The first kappa shape index (κ1) is 38.4. The maximum absolute atomic E-state index is 13.9. The average Bonchev–Trinajstić information content (AvgIpc) is 3.52. The number of hydrogen-bond donors (Lipinski definition) is 6. The van der Waals surface area contributed by atoms with Crippen molar-refractivity contribution in [2.45, 2.75) is 83.3 Å². The number of Topliss-reactive ketones (excluding diaryl/α,β-unsaturated/α-hetero) is 1. The molecule has 1 unspecified atom stereocenters. The van der Waals surface area contributed by atoms with E-state index in [1.807, 2.05) is 50.3 Å². The lowest BCUT2D eigenvalue weighted by molar-refractivity contribution is -0.142. The topological polar surface area (TPSA) is 172 Å². The van der Waals surface area contributed by atoms with E-state index in [2.05, 4.69) is 21.3 Å². The van der Waals surface area contributed by atoms with E-state index in [0.29, 0.717) is 76.9 Å². The van der Waals surface area contributed by atoms with Crippen LogP contribution in [0.1, 0.15) is 64.4 Å². The van der Waals surface area contributed by atoms with Crippen LogP contribution >= 0.6 is 21.6 Å². The highest BCUT2D eigenvalue weighted by atomic mass is 33.1. The molecule has 0 aliphatic carbocycles. The molecular formula is C32H53N7O4S2. The van der Waals surface area contributed by atoms with E-state index in [9.17, 15) is 19.2 Å². The fourth-order valence-electron chi connectivity index (χ4n) is 5.10. The molecule has 1 saturated heterocycles. The number of hydrogen-bond acceptors (Lipinski definition) is 10. The van der Waals surface area contributed by atoms with Crippen LogP contribution < -0.4 is 32.7 Å². The summed E-state index contributed by atoms with van der Waals surface area (Å²) in [6.45, 7) is 6.25. The summed E-state index contributed by atoms with van der Waals surface area (Å²) in [4.78, 5) is 54.9. The second kappa shape index (κ2) is 22.7. The third kappa shape index (κ3) is 14.9. The third-order valence-electron chi connectivity index (χ3n) is 7.31. The summed E-state index contributed by atoms with van der Waals surface area (Å²) >= 11 is 0. The first-order valence-electron chi connectivity index (χ1n) is 16.1. The predicted molar refractivity (Wildman–Crippen MR) is 185 cm³/mol. The first-order valence-corrected chi connectivity index (χ1v) is 18.6. The summed E-state index contributed by atoms with van der Waals surface area (Å²) in [6.07, 6.45) is 6.28. The number of allylic oxidation sites excluding steroid dienone is 1. The SMILES string of the molecule is CC/C=C(\N)NCCC[C@H](NC(=O)CNCCSSCCN)C(=O)N1CCCC1C(=O)N[C@@H](Cc1ccccc1)C(=O)CCC. The average molecular weight is 664 g/mol. The van der Waals surface area contributed by atoms with Gasteiger partial charge >= 0.3 is 0 Å². The number of nitrogens with zero attached hydrogens (tertiary/aromatic N) is 1. The van der Waals surface area contributed by atoms with Gasteiger partial charge in [-0.1, -0.05) is 65.8 Å². The lowest BCUT2D eigenvalue weighted by atomic mass is 9.99. The molecule has 252 valence electrons. The molecule has 1 aromatic carbocycles. The predicted octanol–water partition coefficient (Wildman–Crippen LogP) is 2.07. The molecule has 1 aromatic rings. The molecule has 45 heavy (non-hydrogen) atoms. The summed E-state index contributed by atoms with van der Waals surface area (Å²) in [5.74, 6) is 1.36. The molecule has 0 radical (unpaired) electrons. The van der Waals surface area contributed by atoms with Gasteiger partial charge in [0.15, 0.2) is 5.78 Å². The van der Waals surface area contributed by atoms with Crippen LogP contribution in [0.25, 0.3) is 0 Å². The summed E-state index contributed by atoms with van der Waals surface area (Å²) in [5, 5.41) is 12.1. The van der Waals surface area contributed by atoms with Gasteiger partial charge in [-0.2, -0.15) is 0 Å². The molecule has 8 N–H and O–H groups in total. The molecule has 11 nitrogen and oxygen atoms in total. The Morgan fingerprint density at radius 2 is 1.80 bits per heavy atom. The minimum Gasteiger partial charge on any atom is -0.386 e. The van der Waals surface area contributed by atoms with Crippen molar-refractivity contribution in [3.05, 3.63) is 47.8 Å². The van der Waals surface area contributed by atoms with Crippen LogP contribution in [0, 0.1) is 0 Å². The van der Waals surface area contributed by atoms with Gasteiger partial charge < -0.3 is 37.6 Å². The molecule has 0 saturated carbocycles. The monoisotopic (exact) mass is 663 g/mol. The molecule has 3 atom stereocenters. The van der Waals surface area contributed by atoms with Gasteiger partial charge in [-0.25, -0.2) is 0 Å². The van der Waals surface area contributed by atoms with Crippen molar-refractivity contribution in [1.82, 2.24) is 26.2 Å². The summed E-state index contributed by atoms with van der Waals surface area (Å²) < 4.78 is 0. The van der Waals surface area contributed by atoms with E-state index >= 15 is 0 Å². The van der Waals surface area contributed by atoms with Gasteiger partial charge in [0.25, 0.3) is 0 Å². The number of rotatable bonds is 23. The van der Waals surface area contributed by atoms with Crippen molar-refractivity contribution >= 4 is 45.1 Å². The van der Waals surface area contributed by atoms with Gasteiger partial charge in [-0.05, 0) is 56.6 Å². The minimum atomic E-state index is -0.790. The van der Waals surface area contributed by atoms with Crippen LogP contribution in [0.2, 0.25) is 0 Å². The van der Waals surface area contributed by atoms with Crippen molar-refractivity contribution in [2.75, 3.05) is 44.2 Å². The quantitative estimate of drug-likeness (QED) is 0.0752. The molecular weight excluding hydrogens is 611 g/mol. The zero-order valence-corrected chi connectivity index (χ0v) is 28.5. The van der Waals surface area contributed by atoms with E-state index in [1.165, 1.54) is 0 Å². The molecule has 1 fully saturated rings. The van der Waals surface area contributed by atoms with Crippen molar-refractivity contribution in [3.63, 3.8) is 0 Å². The number of carbonyl (C=O) groups excluding carboxylic acids is 4. The maximum Gasteiger partial charge on any atom is 0.245 e. The zero-order chi connectivity index (χ0) is 32.9. The van der Waals surface area contributed by atoms with Gasteiger partial charge in [0.05, 0.1) is 18.4 Å². The Morgan fingerprint density at radius 3 is 2.51 bits per heavy atom. The number of nitrogens with one attached hydrogen (secondary N) is 4. The zero-order valence-electron chi connectivity index (χ0n) is 26.9. The number of likely N-dealkylation sites (tertiary alicyclic amines) is 1. The van der Waals surface area contributed by atoms with E-state index < -0.39 is 18.1 Å². The highest BCUT2D eigenvalue weighted by Gasteiger charge is 2.38. The fraction of sp³-hybridized carbons (Fsp3) is 0.625. The smallest absolute Gasteiger partial charge is 0.245 e. The Bertz CT molecular complexity index is 1080. The number of benzene rings is 1. The Labute approximate surface area is 276 Å². The number of ketones is 1. The second-order valence-electron chi connectivity index (χ2n) is 11.0. The van der Waals surface area contributed by atoms with Crippen molar-refractivity contribution in [2.24, 2.45) is 11.5 Å². The van der Waals surface area contributed by atoms with Crippen LogP contribution in [0.5, 0.6) is 0 Å². The van der Waals surface area contributed by atoms with Gasteiger partial charge in [-0.15, -0.1) is 0 Å². The highest BCUT2D eigenvalue weighted by Crippen LogP contribution is 2.21. The molecule has 1 aliphatic rings. The van der Waals surface area contributed by atoms with Crippen LogP contribution in [0.4, 0.5) is 0 Å². The van der Waals surface area contributed by atoms with Crippen LogP contribution in [-0.4, -0.2) is 90.8 Å². The molecule has 13 heteroatoms. The Hall–Kier alpha value is -2.74. The summed E-state index contributed by atoms with van der Waals surface area (Å²) in [6, 6.07) is 7.44. The van der Waals surface area contributed by atoms with E-state index in [-0.39, 0.29) is 30.0 Å². The van der Waals surface area contributed by atoms with Gasteiger partial charge in [-0.3, -0.25) is 19.2 Å². The molecule has 0 aromatic heterocycles. The lowest BCUT2D eigenvalue weighted by Crippen LogP contribution is -2.56. The Morgan fingerprint density at radius 1 is 1.04 bits per heavy atom. The van der Waals surface area contributed by atoms with Crippen molar-refractivity contribution < 1.29 is 19.2 Å². The number of amides is 3. The van der Waals surface area contributed by atoms with E-state index in [1.54, 1.807) is 26.5 Å². The van der Waals surface area contributed by atoms with E-state index in [0.717, 1.165) is 23.5 Å².